The minimum absolute atomic E-state index is 0.184. The molecule has 5 nitrogen and oxygen atoms in total. The Morgan fingerprint density at radius 2 is 2.28 bits per heavy atom. The van der Waals surface area contributed by atoms with Crippen molar-refractivity contribution in [3.63, 3.8) is 0 Å². The van der Waals surface area contributed by atoms with E-state index in [0.717, 1.165) is 13.0 Å². The molecule has 5 heteroatoms. The summed E-state index contributed by atoms with van der Waals surface area (Å²) in [5.41, 5.74) is 1.53. The topological polar surface area (TPSA) is 66.6 Å². The van der Waals surface area contributed by atoms with Gasteiger partial charge in [-0.25, -0.2) is 0 Å². The fraction of sp³-hybridized carbons (Fsp3) is 0.538. The fourth-order valence-corrected chi connectivity index (χ4v) is 2.54. The van der Waals surface area contributed by atoms with Crippen LogP contribution in [0.2, 0.25) is 0 Å². The van der Waals surface area contributed by atoms with Crippen LogP contribution in [-0.2, 0) is 0 Å². The minimum atomic E-state index is -0.362. The number of aliphatic hydroxyl groups excluding tert-OH is 1. The highest BCUT2D eigenvalue weighted by Crippen LogP contribution is 2.35. The van der Waals surface area contributed by atoms with E-state index in [2.05, 4.69) is 0 Å². The van der Waals surface area contributed by atoms with Crippen molar-refractivity contribution in [1.29, 1.82) is 0 Å². The van der Waals surface area contributed by atoms with E-state index in [0.29, 0.717) is 17.8 Å². The molecular weight excluding hydrogens is 232 g/mol. The number of hydrogen-bond donors (Lipinski definition) is 1. The summed E-state index contributed by atoms with van der Waals surface area (Å²) in [6, 6.07) is 5.38. The average molecular weight is 250 g/mol. The molecule has 1 aliphatic heterocycles. The summed E-state index contributed by atoms with van der Waals surface area (Å²) in [5, 5.41) is 20.7. The smallest absolute Gasteiger partial charge is 0.295 e. The molecule has 0 aromatic heterocycles. The largest absolute Gasteiger partial charge is 0.393 e. The Morgan fingerprint density at radius 3 is 2.83 bits per heavy atom. The van der Waals surface area contributed by atoms with Gasteiger partial charge in [-0.3, -0.25) is 10.1 Å². The number of para-hydroxylation sites is 1. The molecule has 0 bridgehead atoms. The van der Waals surface area contributed by atoms with Gasteiger partial charge in [0.2, 0.25) is 0 Å². The van der Waals surface area contributed by atoms with E-state index in [1.54, 1.807) is 26.0 Å². The summed E-state index contributed by atoms with van der Waals surface area (Å²) in [6.07, 6.45) is 0.516. The first kappa shape index (κ1) is 12.8. The molecule has 0 radical (unpaired) electrons. The van der Waals surface area contributed by atoms with E-state index < -0.39 is 0 Å². The predicted molar refractivity (Wildman–Crippen MR) is 69.8 cm³/mol. The quantitative estimate of drug-likeness (QED) is 0.659. The van der Waals surface area contributed by atoms with Crippen LogP contribution in [-0.4, -0.2) is 29.2 Å². The third-order valence-electron chi connectivity index (χ3n) is 3.65. The maximum atomic E-state index is 11.1. The lowest BCUT2D eigenvalue weighted by atomic mass is 10.0. The molecule has 1 N–H and O–H groups in total. The van der Waals surface area contributed by atoms with Gasteiger partial charge in [0.25, 0.3) is 5.69 Å². The van der Waals surface area contributed by atoms with Crippen LogP contribution < -0.4 is 4.90 Å². The van der Waals surface area contributed by atoms with Gasteiger partial charge in [-0.2, -0.15) is 0 Å². The van der Waals surface area contributed by atoms with Crippen LogP contribution in [0.25, 0.3) is 0 Å². The summed E-state index contributed by atoms with van der Waals surface area (Å²) >= 11 is 0. The normalized spacial score (nSPS) is 21.1. The Hall–Kier alpha value is -1.62. The maximum Gasteiger partial charge on any atom is 0.295 e. The number of nitrogens with zero attached hydrogens (tertiary/aromatic N) is 2. The fourth-order valence-electron chi connectivity index (χ4n) is 2.54. The maximum absolute atomic E-state index is 11.1. The number of rotatable bonds is 3. The number of nitro groups is 1. The van der Waals surface area contributed by atoms with Gasteiger partial charge in [-0.1, -0.05) is 12.1 Å². The van der Waals surface area contributed by atoms with Gasteiger partial charge in [0, 0.05) is 24.6 Å². The van der Waals surface area contributed by atoms with Crippen LogP contribution in [0.5, 0.6) is 0 Å². The van der Waals surface area contributed by atoms with Crippen LogP contribution in [0.1, 0.15) is 18.9 Å². The molecule has 2 atom stereocenters. The Bertz CT molecular complexity index is 460. The predicted octanol–water partition coefficient (Wildman–Crippen LogP) is 2.11. The minimum Gasteiger partial charge on any atom is -0.393 e. The molecule has 98 valence electrons. The average Bonchev–Trinajstić information content (AvgIpc) is 2.77. The Morgan fingerprint density at radius 1 is 1.56 bits per heavy atom. The molecule has 1 aromatic carbocycles. The standard InChI is InChI=1S/C13H18N2O3/c1-9-4-3-5-12(13(9)15(17)18)14-7-6-11(8-14)10(2)16/h3-5,10-11,16H,6-8H2,1-2H3. The van der Waals surface area contributed by atoms with Gasteiger partial charge >= 0.3 is 0 Å². The molecule has 2 unspecified atom stereocenters. The molecule has 0 saturated carbocycles. The van der Waals surface area contributed by atoms with E-state index in [1.165, 1.54) is 0 Å². The second kappa shape index (κ2) is 4.94. The van der Waals surface area contributed by atoms with Crippen molar-refractivity contribution < 1.29 is 10.0 Å². The second-order valence-corrected chi connectivity index (χ2v) is 4.94. The van der Waals surface area contributed by atoms with Crippen LogP contribution in [0.3, 0.4) is 0 Å². The number of anilines is 1. The van der Waals surface area contributed by atoms with E-state index in [4.69, 9.17) is 0 Å². The Kier molecular flexibility index (Phi) is 3.52. The summed E-state index contributed by atoms with van der Waals surface area (Å²) in [7, 11) is 0. The summed E-state index contributed by atoms with van der Waals surface area (Å²) in [5.74, 6) is 0.199. The number of nitro benzene ring substituents is 1. The highest BCUT2D eigenvalue weighted by atomic mass is 16.6. The molecule has 1 saturated heterocycles. The molecule has 1 fully saturated rings. The molecule has 1 heterocycles. The zero-order valence-electron chi connectivity index (χ0n) is 10.7. The van der Waals surface area contributed by atoms with Crippen LogP contribution >= 0.6 is 0 Å². The van der Waals surface area contributed by atoms with Gasteiger partial charge in [-0.15, -0.1) is 0 Å². The molecular formula is C13H18N2O3. The zero-order chi connectivity index (χ0) is 13.3. The first-order valence-corrected chi connectivity index (χ1v) is 6.17. The first-order chi connectivity index (χ1) is 8.50. The molecule has 18 heavy (non-hydrogen) atoms. The van der Waals surface area contributed by atoms with Gasteiger partial charge in [0.05, 0.1) is 11.0 Å². The second-order valence-electron chi connectivity index (χ2n) is 4.94. The van der Waals surface area contributed by atoms with Crippen molar-refractivity contribution in [3.8, 4) is 0 Å². The van der Waals surface area contributed by atoms with E-state index >= 15 is 0 Å². The SMILES string of the molecule is Cc1cccc(N2CCC(C(C)O)C2)c1[N+](=O)[O-]. The van der Waals surface area contributed by atoms with E-state index in [1.807, 2.05) is 11.0 Å². The Balaban J connectivity index is 2.30. The molecule has 1 aliphatic rings. The number of benzene rings is 1. The summed E-state index contributed by atoms with van der Waals surface area (Å²) in [4.78, 5) is 12.8. The number of aliphatic hydroxyl groups is 1. The van der Waals surface area contributed by atoms with Crippen molar-refractivity contribution >= 4 is 11.4 Å². The lowest BCUT2D eigenvalue weighted by Crippen LogP contribution is -2.24. The van der Waals surface area contributed by atoms with E-state index in [-0.39, 0.29) is 22.6 Å². The Labute approximate surface area is 106 Å². The molecule has 0 amide bonds. The molecule has 1 aromatic rings. The summed E-state index contributed by atoms with van der Waals surface area (Å²) < 4.78 is 0. The summed E-state index contributed by atoms with van der Waals surface area (Å²) in [6.45, 7) is 4.98. The highest BCUT2D eigenvalue weighted by molar-refractivity contribution is 5.67. The van der Waals surface area contributed by atoms with Crippen molar-refractivity contribution in [3.05, 3.63) is 33.9 Å². The van der Waals surface area contributed by atoms with Gasteiger partial charge in [-0.05, 0) is 26.3 Å². The lowest BCUT2D eigenvalue weighted by Gasteiger charge is -2.20. The van der Waals surface area contributed by atoms with Crippen LogP contribution in [0.4, 0.5) is 11.4 Å². The van der Waals surface area contributed by atoms with Crippen LogP contribution in [0.15, 0.2) is 18.2 Å². The highest BCUT2D eigenvalue weighted by Gasteiger charge is 2.30. The van der Waals surface area contributed by atoms with Gasteiger partial charge in [0.15, 0.2) is 0 Å². The van der Waals surface area contributed by atoms with Crippen LogP contribution in [0, 0.1) is 23.0 Å². The van der Waals surface area contributed by atoms with Crippen molar-refractivity contribution in [2.75, 3.05) is 18.0 Å². The van der Waals surface area contributed by atoms with Crippen molar-refractivity contribution in [2.45, 2.75) is 26.4 Å². The number of aryl methyl sites for hydroxylation is 1. The monoisotopic (exact) mass is 250 g/mol. The lowest BCUT2D eigenvalue weighted by molar-refractivity contribution is -0.384. The third-order valence-corrected chi connectivity index (χ3v) is 3.65. The molecule has 0 aliphatic carbocycles. The van der Waals surface area contributed by atoms with Gasteiger partial charge in [0.1, 0.15) is 5.69 Å². The van der Waals surface area contributed by atoms with Crippen molar-refractivity contribution in [2.24, 2.45) is 5.92 Å². The van der Waals surface area contributed by atoms with Gasteiger partial charge < -0.3 is 10.0 Å². The number of hydrogen-bond acceptors (Lipinski definition) is 4. The molecule has 0 spiro atoms. The molecule has 2 rings (SSSR count). The third kappa shape index (κ3) is 2.31. The first-order valence-electron chi connectivity index (χ1n) is 6.17. The van der Waals surface area contributed by atoms with Crippen molar-refractivity contribution in [1.82, 2.24) is 0 Å². The van der Waals surface area contributed by atoms with E-state index in [9.17, 15) is 15.2 Å². The zero-order valence-corrected chi connectivity index (χ0v) is 10.7.